The normalized spacial score (nSPS) is 15.6. The lowest BCUT2D eigenvalue weighted by Crippen LogP contribution is -2.39. The lowest BCUT2D eigenvalue weighted by molar-refractivity contribution is -0.161. The van der Waals surface area contributed by atoms with Crippen LogP contribution in [0.2, 0.25) is 0 Å². The summed E-state index contributed by atoms with van der Waals surface area (Å²) >= 11 is 0. The predicted molar refractivity (Wildman–Crippen MR) is 37.6 cm³/mol. The minimum absolute atomic E-state index is 0.186. The van der Waals surface area contributed by atoms with Gasteiger partial charge >= 0.3 is 5.97 Å². The maximum atomic E-state index is 10.3. The number of aliphatic hydroxyl groups excluding tert-OH is 3. The molecule has 4 N–H and O–H groups in total. The Balaban J connectivity index is 3.94. The second-order valence-corrected chi connectivity index (χ2v) is 2.10. The molecule has 2 atom stereocenters. The molecule has 0 radical (unpaired) electrons. The van der Waals surface area contributed by atoms with E-state index in [0.717, 1.165) is 0 Å². The maximum Gasteiger partial charge on any atom is 0.335 e. The fourth-order valence-corrected chi connectivity index (χ4v) is 0.622. The quantitative estimate of drug-likeness (QED) is 0.369. The maximum absolute atomic E-state index is 10.3. The standard InChI is InChI=1S/C6H12O6/c7-1-2-12-5(6(10)11)4(9)3-8/h4-5,7-9H,1-3H2,(H,10,11). The second-order valence-electron chi connectivity index (χ2n) is 2.10. The molecule has 2 unspecified atom stereocenters. The number of hydrogen-bond donors (Lipinski definition) is 4. The largest absolute Gasteiger partial charge is 0.479 e. The Morgan fingerprint density at radius 1 is 1.42 bits per heavy atom. The van der Waals surface area contributed by atoms with Crippen molar-refractivity contribution < 1.29 is 30.0 Å². The molecule has 0 aromatic carbocycles. The van der Waals surface area contributed by atoms with Gasteiger partial charge in [-0.3, -0.25) is 0 Å². The molecule has 12 heavy (non-hydrogen) atoms. The van der Waals surface area contributed by atoms with E-state index >= 15 is 0 Å². The van der Waals surface area contributed by atoms with E-state index in [0.29, 0.717) is 0 Å². The van der Waals surface area contributed by atoms with Gasteiger partial charge in [-0.1, -0.05) is 0 Å². The van der Waals surface area contributed by atoms with Crippen LogP contribution in [-0.2, 0) is 9.53 Å². The van der Waals surface area contributed by atoms with Crippen molar-refractivity contribution in [2.75, 3.05) is 19.8 Å². The van der Waals surface area contributed by atoms with Gasteiger partial charge in [0.15, 0.2) is 6.10 Å². The Kier molecular flexibility index (Phi) is 5.56. The Bertz CT molecular complexity index is 136. The second kappa shape index (κ2) is 5.90. The van der Waals surface area contributed by atoms with Crippen molar-refractivity contribution in [1.82, 2.24) is 0 Å². The highest BCUT2D eigenvalue weighted by Crippen LogP contribution is 1.99. The van der Waals surface area contributed by atoms with E-state index in [1.54, 1.807) is 0 Å². The van der Waals surface area contributed by atoms with E-state index in [4.69, 9.17) is 20.4 Å². The summed E-state index contributed by atoms with van der Waals surface area (Å²) in [5.41, 5.74) is 0. The molecular formula is C6H12O6. The van der Waals surface area contributed by atoms with Crippen LogP contribution in [-0.4, -0.2) is 58.4 Å². The van der Waals surface area contributed by atoms with Gasteiger partial charge in [0, 0.05) is 0 Å². The number of aliphatic carboxylic acids is 1. The Hall–Kier alpha value is -0.690. The minimum atomic E-state index is -1.48. The van der Waals surface area contributed by atoms with Gasteiger partial charge in [-0.15, -0.1) is 0 Å². The Morgan fingerprint density at radius 2 is 2.00 bits per heavy atom. The first-order valence-corrected chi connectivity index (χ1v) is 3.37. The van der Waals surface area contributed by atoms with Crippen molar-refractivity contribution in [3.8, 4) is 0 Å². The molecule has 0 heterocycles. The molecule has 0 rings (SSSR count). The van der Waals surface area contributed by atoms with Crippen molar-refractivity contribution in [2.24, 2.45) is 0 Å². The van der Waals surface area contributed by atoms with Gasteiger partial charge < -0.3 is 25.2 Å². The van der Waals surface area contributed by atoms with Gasteiger partial charge in [-0.2, -0.15) is 0 Å². The lowest BCUT2D eigenvalue weighted by atomic mass is 10.2. The summed E-state index contributed by atoms with van der Waals surface area (Å²) in [6, 6.07) is 0. The first-order chi connectivity index (χ1) is 5.63. The summed E-state index contributed by atoms with van der Waals surface area (Å²) in [5, 5.41) is 34.0. The van der Waals surface area contributed by atoms with Crippen molar-refractivity contribution in [3.63, 3.8) is 0 Å². The molecule has 0 aliphatic rings. The number of rotatable bonds is 6. The summed E-state index contributed by atoms with van der Waals surface area (Å²) in [6.07, 6.45) is -2.95. The fourth-order valence-electron chi connectivity index (χ4n) is 0.622. The highest BCUT2D eigenvalue weighted by atomic mass is 16.5. The first kappa shape index (κ1) is 11.3. The molecule has 72 valence electrons. The summed E-state index contributed by atoms with van der Waals surface area (Å²) < 4.78 is 4.55. The molecule has 0 aromatic rings. The summed E-state index contributed by atoms with van der Waals surface area (Å²) in [6.45, 7) is -1.21. The Morgan fingerprint density at radius 3 is 2.33 bits per heavy atom. The van der Waals surface area contributed by atoms with E-state index in [-0.39, 0.29) is 13.2 Å². The number of ether oxygens (including phenoxy) is 1. The summed E-state index contributed by atoms with van der Waals surface area (Å²) in [4.78, 5) is 10.3. The SMILES string of the molecule is O=C(O)C(OCCO)C(O)CO. The van der Waals surface area contributed by atoms with Crippen molar-refractivity contribution in [2.45, 2.75) is 12.2 Å². The van der Waals surface area contributed by atoms with Crippen LogP contribution in [0.15, 0.2) is 0 Å². The molecule has 0 amide bonds. The van der Waals surface area contributed by atoms with Crippen molar-refractivity contribution >= 4 is 5.97 Å². The van der Waals surface area contributed by atoms with Crippen LogP contribution in [0.5, 0.6) is 0 Å². The first-order valence-electron chi connectivity index (χ1n) is 3.37. The molecular weight excluding hydrogens is 168 g/mol. The zero-order valence-corrected chi connectivity index (χ0v) is 6.38. The zero-order chi connectivity index (χ0) is 9.56. The average molecular weight is 180 g/mol. The van der Waals surface area contributed by atoms with E-state index in [1.165, 1.54) is 0 Å². The predicted octanol–water partition coefficient (Wildman–Crippen LogP) is -2.20. The van der Waals surface area contributed by atoms with E-state index in [1.807, 2.05) is 0 Å². The van der Waals surface area contributed by atoms with E-state index < -0.39 is 24.8 Å². The third-order valence-corrected chi connectivity index (χ3v) is 1.17. The highest BCUT2D eigenvalue weighted by Gasteiger charge is 2.26. The van der Waals surface area contributed by atoms with E-state index in [2.05, 4.69) is 4.74 Å². The van der Waals surface area contributed by atoms with Crippen LogP contribution in [0.25, 0.3) is 0 Å². The van der Waals surface area contributed by atoms with Crippen LogP contribution >= 0.6 is 0 Å². The Labute approximate surface area is 69.0 Å². The van der Waals surface area contributed by atoms with Gasteiger partial charge in [0.25, 0.3) is 0 Å². The fraction of sp³-hybridized carbons (Fsp3) is 0.833. The molecule has 0 spiro atoms. The van der Waals surface area contributed by atoms with E-state index in [9.17, 15) is 4.79 Å². The number of carboxylic acids is 1. The number of carbonyl (C=O) groups is 1. The summed E-state index contributed by atoms with van der Waals surface area (Å²) in [5.74, 6) is -1.37. The van der Waals surface area contributed by atoms with Gasteiger partial charge in [0.2, 0.25) is 0 Å². The van der Waals surface area contributed by atoms with Gasteiger partial charge in [-0.25, -0.2) is 4.79 Å². The average Bonchev–Trinajstić information content (AvgIpc) is 2.04. The van der Waals surface area contributed by atoms with Crippen LogP contribution < -0.4 is 0 Å². The molecule has 0 aliphatic heterocycles. The van der Waals surface area contributed by atoms with Crippen LogP contribution in [0.4, 0.5) is 0 Å². The minimum Gasteiger partial charge on any atom is -0.479 e. The number of carboxylic acid groups (broad SMARTS) is 1. The zero-order valence-electron chi connectivity index (χ0n) is 6.38. The molecule has 0 aliphatic carbocycles. The van der Waals surface area contributed by atoms with Gasteiger partial charge in [-0.05, 0) is 0 Å². The topological polar surface area (TPSA) is 107 Å². The third kappa shape index (κ3) is 3.63. The monoisotopic (exact) mass is 180 g/mol. The van der Waals surface area contributed by atoms with Gasteiger partial charge in [0.05, 0.1) is 19.8 Å². The van der Waals surface area contributed by atoms with Crippen molar-refractivity contribution in [1.29, 1.82) is 0 Å². The smallest absolute Gasteiger partial charge is 0.335 e. The number of hydrogen-bond acceptors (Lipinski definition) is 5. The number of aliphatic hydroxyl groups is 3. The third-order valence-electron chi connectivity index (χ3n) is 1.17. The molecule has 0 saturated carbocycles. The van der Waals surface area contributed by atoms with Crippen LogP contribution in [0.3, 0.4) is 0 Å². The molecule has 6 nitrogen and oxygen atoms in total. The molecule has 0 bridgehead atoms. The molecule has 0 saturated heterocycles. The molecule has 6 heteroatoms. The lowest BCUT2D eigenvalue weighted by Gasteiger charge is -2.16. The van der Waals surface area contributed by atoms with Gasteiger partial charge in [0.1, 0.15) is 6.10 Å². The van der Waals surface area contributed by atoms with Crippen LogP contribution in [0, 0.1) is 0 Å². The van der Waals surface area contributed by atoms with Crippen LogP contribution in [0.1, 0.15) is 0 Å². The molecule has 0 fully saturated rings. The molecule has 0 aromatic heterocycles. The highest BCUT2D eigenvalue weighted by molar-refractivity contribution is 5.73. The summed E-state index contributed by atoms with van der Waals surface area (Å²) in [7, 11) is 0. The van der Waals surface area contributed by atoms with Crippen molar-refractivity contribution in [3.05, 3.63) is 0 Å².